The molecule has 1 aromatic carbocycles. The molecule has 1 heterocycles. The zero-order valence-corrected chi connectivity index (χ0v) is 19.5. The molecule has 2 rings (SSSR count). The molecule has 0 radical (unpaired) electrons. The van der Waals surface area contributed by atoms with Crippen LogP contribution in [0.15, 0.2) is 45.6 Å². The summed E-state index contributed by atoms with van der Waals surface area (Å²) in [4.78, 5) is 8.00. The van der Waals surface area contributed by atoms with Crippen LogP contribution in [0.25, 0.3) is 0 Å². The van der Waals surface area contributed by atoms with E-state index in [1.807, 2.05) is 6.92 Å². The van der Waals surface area contributed by atoms with Crippen molar-refractivity contribution >= 4 is 51.1 Å². The number of rotatable bonds is 8. The van der Waals surface area contributed by atoms with Gasteiger partial charge in [-0.25, -0.2) is 18.4 Å². The van der Waals surface area contributed by atoms with Gasteiger partial charge < -0.3 is 10.6 Å². The third-order valence-electron chi connectivity index (χ3n) is 3.54. The molecule has 0 bridgehead atoms. The van der Waals surface area contributed by atoms with Crippen LogP contribution in [-0.2, 0) is 22.6 Å². The standard InChI is InChI=1S/C17H21F3N4O2S2.HI/c1-2-21-16(23-11-15-24-14(12-27-15)17(18,19)20)22-9-6-10-28(25,26)13-7-4-3-5-8-13;/h3-5,7-8,12H,2,6,9-11H2,1H3,(H2,21,22,23);1H. The second kappa shape index (κ2) is 11.7. The first-order valence-corrected chi connectivity index (χ1v) is 11.1. The van der Waals surface area contributed by atoms with Crippen LogP contribution in [0.4, 0.5) is 13.2 Å². The number of aliphatic imine (C=N–C) groups is 1. The molecule has 0 unspecified atom stereocenters. The molecule has 1 aromatic heterocycles. The van der Waals surface area contributed by atoms with E-state index in [-0.39, 0.29) is 46.2 Å². The quantitative estimate of drug-likeness (QED) is 0.222. The van der Waals surface area contributed by atoms with Crippen LogP contribution < -0.4 is 10.6 Å². The fraction of sp³-hybridized carbons (Fsp3) is 0.412. The lowest BCUT2D eigenvalue weighted by molar-refractivity contribution is -0.140. The molecule has 0 saturated carbocycles. The molecule has 0 saturated heterocycles. The third kappa shape index (κ3) is 8.46. The van der Waals surface area contributed by atoms with Crippen LogP contribution in [-0.4, -0.2) is 38.2 Å². The van der Waals surface area contributed by atoms with E-state index in [0.717, 1.165) is 16.7 Å². The van der Waals surface area contributed by atoms with Crippen molar-refractivity contribution in [2.45, 2.75) is 31.0 Å². The minimum absolute atomic E-state index is 0. The van der Waals surface area contributed by atoms with E-state index >= 15 is 0 Å². The van der Waals surface area contributed by atoms with Crippen LogP contribution in [0.1, 0.15) is 24.0 Å². The number of guanidine groups is 1. The van der Waals surface area contributed by atoms with E-state index in [1.165, 1.54) is 0 Å². The minimum atomic E-state index is -4.47. The summed E-state index contributed by atoms with van der Waals surface area (Å²) in [7, 11) is -3.35. The highest BCUT2D eigenvalue weighted by molar-refractivity contribution is 14.0. The van der Waals surface area contributed by atoms with Gasteiger partial charge in [0.15, 0.2) is 21.5 Å². The lowest BCUT2D eigenvalue weighted by atomic mass is 10.4. The van der Waals surface area contributed by atoms with Crippen molar-refractivity contribution in [3.05, 3.63) is 46.4 Å². The number of sulfone groups is 1. The topological polar surface area (TPSA) is 83.4 Å². The Morgan fingerprint density at radius 3 is 2.48 bits per heavy atom. The molecule has 6 nitrogen and oxygen atoms in total. The SMILES string of the molecule is CCNC(=NCc1nc(C(F)(F)F)cs1)NCCCS(=O)(=O)c1ccccc1.I. The number of nitrogens with zero attached hydrogens (tertiary/aromatic N) is 2. The molecular formula is C17H22F3IN4O2S2. The normalized spacial score (nSPS) is 12.3. The van der Waals surface area contributed by atoms with Gasteiger partial charge in [0.1, 0.15) is 5.01 Å². The van der Waals surface area contributed by atoms with Gasteiger partial charge in [-0.15, -0.1) is 35.3 Å². The number of hydrogen-bond donors (Lipinski definition) is 2. The highest BCUT2D eigenvalue weighted by atomic mass is 127. The maximum absolute atomic E-state index is 12.6. The van der Waals surface area contributed by atoms with Gasteiger partial charge in [-0.3, -0.25) is 0 Å². The van der Waals surface area contributed by atoms with Crippen LogP contribution in [0, 0.1) is 0 Å². The number of hydrogen-bond acceptors (Lipinski definition) is 5. The molecule has 12 heteroatoms. The van der Waals surface area contributed by atoms with Crippen molar-refractivity contribution < 1.29 is 21.6 Å². The average molecular weight is 562 g/mol. The number of alkyl halides is 3. The minimum Gasteiger partial charge on any atom is -0.357 e. The largest absolute Gasteiger partial charge is 0.434 e. The molecular weight excluding hydrogens is 540 g/mol. The summed E-state index contributed by atoms with van der Waals surface area (Å²) in [6.07, 6.45) is -4.11. The van der Waals surface area contributed by atoms with Crippen LogP contribution in [0.5, 0.6) is 0 Å². The predicted octanol–water partition coefficient (Wildman–Crippen LogP) is 3.70. The molecule has 0 aliphatic rings. The van der Waals surface area contributed by atoms with Crippen molar-refractivity contribution in [3.8, 4) is 0 Å². The summed E-state index contributed by atoms with van der Waals surface area (Å²) in [6.45, 7) is 2.75. The monoisotopic (exact) mass is 562 g/mol. The Morgan fingerprint density at radius 2 is 1.90 bits per heavy atom. The smallest absolute Gasteiger partial charge is 0.357 e. The summed E-state index contributed by atoms with van der Waals surface area (Å²) in [5.74, 6) is 0.369. The van der Waals surface area contributed by atoms with Gasteiger partial charge in [0.25, 0.3) is 0 Å². The molecule has 162 valence electrons. The van der Waals surface area contributed by atoms with E-state index < -0.39 is 21.7 Å². The van der Waals surface area contributed by atoms with E-state index in [0.29, 0.717) is 25.5 Å². The zero-order chi connectivity index (χ0) is 20.6. The second-order valence-corrected chi connectivity index (χ2v) is 8.78. The van der Waals surface area contributed by atoms with Crippen LogP contribution in [0.3, 0.4) is 0 Å². The van der Waals surface area contributed by atoms with Crippen LogP contribution in [0.2, 0.25) is 0 Å². The van der Waals surface area contributed by atoms with Gasteiger partial charge in [-0.05, 0) is 25.5 Å². The lowest BCUT2D eigenvalue weighted by Gasteiger charge is -2.11. The first-order chi connectivity index (χ1) is 13.2. The first kappa shape index (κ1) is 25.6. The average Bonchev–Trinajstić information content (AvgIpc) is 3.13. The van der Waals surface area contributed by atoms with Crippen molar-refractivity contribution in [2.75, 3.05) is 18.8 Å². The van der Waals surface area contributed by atoms with Gasteiger partial charge in [-0.2, -0.15) is 13.2 Å². The van der Waals surface area contributed by atoms with Gasteiger partial charge in [0.05, 0.1) is 17.2 Å². The van der Waals surface area contributed by atoms with Crippen molar-refractivity contribution in [3.63, 3.8) is 0 Å². The Morgan fingerprint density at radius 1 is 1.21 bits per heavy atom. The number of halogens is 4. The van der Waals surface area contributed by atoms with Gasteiger partial charge in [0.2, 0.25) is 0 Å². The summed E-state index contributed by atoms with van der Waals surface area (Å²) >= 11 is 0.893. The van der Waals surface area contributed by atoms with E-state index in [4.69, 9.17) is 0 Å². The highest BCUT2D eigenvalue weighted by Crippen LogP contribution is 2.30. The Labute approximate surface area is 189 Å². The first-order valence-electron chi connectivity index (χ1n) is 8.54. The number of nitrogens with one attached hydrogen (secondary N) is 2. The molecule has 0 spiro atoms. The second-order valence-electron chi connectivity index (χ2n) is 5.73. The summed E-state index contributed by atoms with van der Waals surface area (Å²) in [5.41, 5.74) is -0.924. The Kier molecular flexibility index (Phi) is 10.3. The summed E-state index contributed by atoms with van der Waals surface area (Å²) < 4.78 is 62.2. The molecule has 0 aliphatic heterocycles. The van der Waals surface area contributed by atoms with Gasteiger partial charge in [-0.1, -0.05) is 18.2 Å². The zero-order valence-electron chi connectivity index (χ0n) is 15.6. The van der Waals surface area contributed by atoms with E-state index in [1.54, 1.807) is 30.3 Å². The Balaban J connectivity index is 0.00000420. The number of aromatic nitrogens is 1. The molecule has 0 amide bonds. The Hall–Kier alpha value is -1.41. The molecule has 2 N–H and O–H groups in total. The van der Waals surface area contributed by atoms with E-state index in [2.05, 4.69) is 20.6 Å². The lowest BCUT2D eigenvalue weighted by Crippen LogP contribution is -2.38. The Bertz CT molecular complexity index is 888. The molecule has 0 fully saturated rings. The molecule has 29 heavy (non-hydrogen) atoms. The fourth-order valence-corrected chi connectivity index (χ4v) is 4.27. The maximum atomic E-state index is 12.6. The summed E-state index contributed by atoms with van der Waals surface area (Å²) in [6, 6.07) is 8.20. The molecule has 0 atom stereocenters. The molecule has 2 aromatic rings. The van der Waals surface area contributed by atoms with Crippen LogP contribution >= 0.6 is 35.3 Å². The summed E-state index contributed by atoms with van der Waals surface area (Å²) in [5, 5.41) is 7.15. The maximum Gasteiger partial charge on any atom is 0.434 e. The molecule has 0 aliphatic carbocycles. The van der Waals surface area contributed by atoms with Crippen molar-refractivity contribution in [1.29, 1.82) is 0 Å². The van der Waals surface area contributed by atoms with Crippen molar-refractivity contribution in [2.24, 2.45) is 4.99 Å². The predicted molar refractivity (Wildman–Crippen MR) is 118 cm³/mol. The van der Waals surface area contributed by atoms with Crippen molar-refractivity contribution in [1.82, 2.24) is 15.6 Å². The number of thiazole rings is 1. The third-order valence-corrected chi connectivity index (χ3v) is 6.19. The van der Waals surface area contributed by atoms with Gasteiger partial charge in [0, 0.05) is 18.5 Å². The van der Waals surface area contributed by atoms with Gasteiger partial charge >= 0.3 is 6.18 Å². The number of benzene rings is 1. The van der Waals surface area contributed by atoms with E-state index in [9.17, 15) is 21.6 Å². The highest BCUT2D eigenvalue weighted by Gasteiger charge is 2.33. The fourth-order valence-electron chi connectivity index (χ4n) is 2.22.